The monoisotopic (exact) mass is 354 g/mol. The van der Waals surface area contributed by atoms with E-state index >= 15 is 0 Å². The van der Waals surface area contributed by atoms with Crippen molar-refractivity contribution >= 4 is 29.3 Å². The standard InChI is InChI=1S/C18H18N4O2S/c1-11(15(23)21-12-7-5-4-6-8-12)25-17-14(10-20)18(2,3)13(9-19)16(24)22-17/h4-8,11,13H,1-3H3,(H,21,23)(H,22,24)/t11-,13+/m0/s1. The fourth-order valence-corrected chi connectivity index (χ4v) is 3.62. The summed E-state index contributed by atoms with van der Waals surface area (Å²) in [5, 5.41) is 23.9. The maximum absolute atomic E-state index is 12.3. The highest BCUT2D eigenvalue weighted by Gasteiger charge is 2.45. The van der Waals surface area contributed by atoms with Crippen molar-refractivity contribution in [2.75, 3.05) is 5.32 Å². The zero-order valence-corrected chi connectivity index (χ0v) is 15.0. The van der Waals surface area contributed by atoms with E-state index in [2.05, 4.69) is 16.7 Å². The van der Waals surface area contributed by atoms with Crippen LogP contribution in [-0.2, 0) is 9.59 Å². The normalized spacial score (nSPS) is 20.0. The van der Waals surface area contributed by atoms with Gasteiger partial charge in [0.15, 0.2) is 0 Å². The van der Waals surface area contributed by atoms with Crippen molar-refractivity contribution in [1.29, 1.82) is 10.5 Å². The lowest BCUT2D eigenvalue weighted by Crippen LogP contribution is -2.45. The van der Waals surface area contributed by atoms with Gasteiger partial charge in [0.25, 0.3) is 0 Å². The Kier molecular flexibility index (Phi) is 5.51. The van der Waals surface area contributed by atoms with Crippen LogP contribution in [0.5, 0.6) is 0 Å². The first-order chi connectivity index (χ1) is 11.8. The van der Waals surface area contributed by atoms with Gasteiger partial charge in [-0.15, -0.1) is 0 Å². The Morgan fingerprint density at radius 3 is 2.52 bits per heavy atom. The molecule has 1 aliphatic rings. The van der Waals surface area contributed by atoms with Gasteiger partial charge < -0.3 is 10.6 Å². The molecule has 1 aliphatic heterocycles. The van der Waals surface area contributed by atoms with Crippen molar-refractivity contribution in [2.24, 2.45) is 11.3 Å². The van der Waals surface area contributed by atoms with Gasteiger partial charge in [-0.05, 0) is 19.1 Å². The average Bonchev–Trinajstić information content (AvgIpc) is 2.55. The quantitative estimate of drug-likeness (QED) is 0.865. The van der Waals surface area contributed by atoms with Crippen LogP contribution in [0.2, 0.25) is 0 Å². The lowest BCUT2D eigenvalue weighted by molar-refractivity contribution is -0.125. The van der Waals surface area contributed by atoms with Gasteiger partial charge in [-0.2, -0.15) is 10.5 Å². The van der Waals surface area contributed by atoms with E-state index in [-0.39, 0.29) is 5.91 Å². The third kappa shape index (κ3) is 3.84. The highest BCUT2D eigenvalue weighted by atomic mass is 32.2. The first-order valence-corrected chi connectivity index (χ1v) is 8.57. The molecule has 7 heteroatoms. The van der Waals surface area contributed by atoms with Crippen LogP contribution in [0.1, 0.15) is 20.8 Å². The average molecular weight is 354 g/mol. The van der Waals surface area contributed by atoms with Crippen molar-refractivity contribution in [3.8, 4) is 12.1 Å². The van der Waals surface area contributed by atoms with E-state index in [1.807, 2.05) is 24.3 Å². The van der Waals surface area contributed by atoms with Gasteiger partial charge in [0.05, 0.1) is 28.0 Å². The summed E-state index contributed by atoms with van der Waals surface area (Å²) >= 11 is 1.10. The minimum Gasteiger partial charge on any atom is -0.325 e. The molecule has 1 heterocycles. The van der Waals surface area contributed by atoms with Gasteiger partial charge in [0.2, 0.25) is 11.8 Å². The number of carbonyl (C=O) groups excluding carboxylic acids is 2. The number of hydrogen-bond donors (Lipinski definition) is 2. The molecule has 2 rings (SSSR count). The maximum Gasteiger partial charge on any atom is 0.243 e. The molecular formula is C18H18N4O2S. The summed E-state index contributed by atoms with van der Waals surface area (Å²) in [5.74, 6) is -1.64. The van der Waals surface area contributed by atoms with E-state index in [4.69, 9.17) is 0 Å². The van der Waals surface area contributed by atoms with E-state index in [0.29, 0.717) is 16.3 Å². The molecule has 6 nitrogen and oxygen atoms in total. The molecule has 0 saturated carbocycles. The van der Waals surface area contributed by atoms with Gasteiger partial charge in [-0.25, -0.2) is 0 Å². The lowest BCUT2D eigenvalue weighted by Gasteiger charge is -2.35. The van der Waals surface area contributed by atoms with Crippen LogP contribution in [0, 0.1) is 34.0 Å². The third-order valence-electron chi connectivity index (χ3n) is 4.04. The molecule has 1 aromatic carbocycles. The third-order valence-corrected chi connectivity index (χ3v) is 5.15. The zero-order valence-electron chi connectivity index (χ0n) is 14.2. The number of nitrogens with one attached hydrogen (secondary N) is 2. The van der Waals surface area contributed by atoms with Crippen LogP contribution in [0.25, 0.3) is 0 Å². The van der Waals surface area contributed by atoms with Gasteiger partial charge >= 0.3 is 0 Å². The number of anilines is 1. The summed E-state index contributed by atoms with van der Waals surface area (Å²) in [6.07, 6.45) is 0. The van der Waals surface area contributed by atoms with E-state index in [1.54, 1.807) is 32.9 Å². The second-order valence-corrected chi connectivity index (χ2v) is 7.56. The molecule has 2 N–H and O–H groups in total. The second-order valence-electron chi connectivity index (χ2n) is 6.20. The molecule has 1 aromatic rings. The SMILES string of the molecule is C[C@H](SC1=C(C#N)C(C)(C)[C@H](C#N)C(=O)N1)C(=O)Nc1ccccc1. The van der Waals surface area contributed by atoms with E-state index in [9.17, 15) is 20.1 Å². The van der Waals surface area contributed by atoms with Crippen molar-refractivity contribution in [3.05, 3.63) is 40.9 Å². The first kappa shape index (κ1) is 18.6. The van der Waals surface area contributed by atoms with Crippen molar-refractivity contribution in [1.82, 2.24) is 5.32 Å². The van der Waals surface area contributed by atoms with E-state index in [0.717, 1.165) is 11.8 Å². The number of hydrogen-bond acceptors (Lipinski definition) is 5. The van der Waals surface area contributed by atoms with Gasteiger partial charge in [-0.3, -0.25) is 9.59 Å². The van der Waals surface area contributed by atoms with E-state index in [1.165, 1.54) is 0 Å². The molecule has 0 radical (unpaired) electrons. The van der Waals surface area contributed by atoms with Gasteiger partial charge in [0.1, 0.15) is 5.92 Å². The number of nitriles is 2. The van der Waals surface area contributed by atoms with Crippen LogP contribution in [0.15, 0.2) is 40.9 Å². The summed E-state index contributed by atoms with van der Waals surface area (Å²) < 4.78 is 0. The largest absolute Gasteiger partial charge is 0.325 e. The van der Waals surface area contributed by atoms with Crippen LogP contribution >= 0.6 is 11.8 Å². The van der Waals surface area contributed by atoms with Crippen molar-refractivity contribution < 1.29 is 9.59 Å². The molecule has 0 bridgehead atoms. The number of thioether (sulfide) groups is 1. The predicted octanol–water partition coefficient (Wildman–Crippen LogP) is 2.78. The maximum atomic E-state index is 12.3. The zero-order chi connectivity index (χ0) is 18.6. The molecule has 2 atom stereocenters. The minimum atomic E-state index is -0.944. The number of benzene rings is 1. The summed E-state index contributed by atoms with van der Waals surface area (Å²) in [5.41, 5.74) is 0.0686. The minimum absolute atomic E-state index is 0.240. The smallest absolute Gasteiger partial charge is 0.243 e. The Morgan fingerprint density at radius 2 is 1.96 bits per heavy atom. The Labute approximate surface area is 150 Å². The van der Waals surface area contributed by atoms with Crippen LogP contribution in [0.3, 0.4) is 0 Å². The summed E-state index contributed by atoms with van der Waals surface area (Å²) in [6.45, 7) is 5.07. The number of carbonyl (C=O) groups is 2. The van der Waals surface area contributed by atoms with Crippen molar-refractivity contribution in [2.45, 2.75) is 26.0 Å². The second kappa shape index (κ2) is 7.42. The summed E-state index contributed by atoms with van der Waals surface area (Å²) in [7, 11) is 0. The fourth-order valence-electron chi connectivity index (χ4n) is 2.51. The summed E-state index contributed by atoms with van der Waals surface area (Å²) in [4.78, 5) is 24.5. The molecule has 0 aromatic heterocycles. The van der Waals surface area contributed by atoms with Gasteiger partial charge in [0, 0.05) is 11.1 Å². The van der Waals surface area contributed by atoms with Crippen LogP contribution in [0.4, 0.5) is 5.69 Å². The molecule has 0 spiro atoms. The number of para-hydroxylation sites is 1. The topological polar surface area (TPSA) is 106 Å². The Bertz CT molecular complexity index is 803. The predicted molar refractivity (Wildman–Crippen MR) is 95.8 cm³/mol. The summed E-state index contributed by atoms with van der Waals surface area (Å²) in [6, 6.07) is 13.1. The molecule has 0 saturated heterocycles. The van der Waals surface area contributed by atoms with E-state index < -0.39 is 22.5 Å². The Balaban J connectivity index is 2.21. The molecule has 0 fully saturated rings. The molecule has 0 aliphatic carbocycles. The van der Waals surface area contributed by atoms with Crippen LogP contribution in [-0.4, -0.2) is 17.1 Å². The number of nitrogens with zero attached hydrogens (tertiary/aromatic N) is 2. The molecule has 2 amide bonds. The number of amides is 2. The highest BCUT2D eigenvalue weighted by Crippen LogP contribution is 2.42. The molecule has 25 heavy (non-hydrogen) atoms. The van der Waals surface area contributed by atoms with Gasteiger partial charge in [-0.1, -0.05) is 43.8 Å². The Hall–Kier alpha value is -2.77. The van der Waals surface area contributed by atoms with Crippen molar-refractivity contribution in [3.63, 3.8) is 0 Å². The molecular weight excluding hydrogens is 336 g/mol. The Morgan fingerprint density at radius 1 is 1.32 bits per heavy atom. The molecule has 128 valence electrons. The number of rotatable bonds is 4. The fraction of sp³-hybridized carbons (Fsp3) is 0.333. The molecule has 0 unspecified atom stereocenters. The van der Waals surface area contributed by atoms with Crippen LogP contribution < -0.4 is 10.6 Å². The lowest BCUT2D eigenvalue weighted by atomic mass is 9.72. The highest BCUT2D eigenvalue weighted by molar-refractivity contribution is 8.04. The first-order valence-electron chi connectivity index (χ1n) is 7.69. The number of allylic oxidation sites excluding steroid dienone is 1.